The van der Waals surface area contributed by atoms with E-state index in [1.54, 1.807) is 0 Å². The van der Waals surface area contributed by atoms with Crippen molar-refractivity contribution in [3.63, 3.8) is 0 Å². The summed E-state index contributed by atoms with van der Waals surface area (Å²) >= 11 is 0. The van der Waals surface area contributed by atoms with E-state index < -0.39 is 0 Å². The second-order valence-corrected chi connectivity index (χ2v) is 3.61. The second-order valence-electron chi connectivity index (χ2n) is 3.61. The molecule has 0 amide bonds. The summed E-state index contributed by atoms with van der Waals surface area (Å²) in [6.45, 7) is 9.71. The van der Waals surface area contributed by atoms with Crippen molar-refractivity contribution in [1.29, 1.82) is 0 Å². The lowest BCUT2D eigenvalue weighted by molar-refractivity contribution is -0.144. The van der Waals surface area contributed by atoms with Crippen LogP contribution in [0.3, 0.4) is 0 Å². The molecule has 0 N–H and O–H groups in total. The van der Waals surface area contributed by atoms with Crippen molar-refractivity contribution in [2.45, 2.75) is 40.7 Å². The fourth-order valence-corrected chi connectivity index (χ4v) is 0.589. The van der Waals surface area contributed by atoms with Crippen molar-refractivity contribution in [2.75, 3.05) is 0 Å². The van der Waals surface area contributed by atoms with Crippen LogP contribution in [0.25, 0.3) is 0 Å². The SMILES string of the molecule is CC(C)=CC(=O)OC(C)C(C)C. The van der Waals surface area contributed by atoms with Gasteiger partial charge in [-0.25, -0.2) is 4.79 Å². The predicted molar refractivity (Wildman–Crippen MR) is 49.8 cm³/mol. The van der Waals surface area contributed by atoms with Gasteiger partial charge in [0.15, 0.2) is 0 Å². The van der Waals surface area contributed by atoms with Gasteiger partial charge in [0.25, 0.3) is 0 Å². The van der Waals surface area contributed by atoms with Crippen LogP contribution in [-0.2, 0) is 9.53 Å². The van der Waals surface area contributed by atoms with Crippen LogP contribution in [0.15, 0.2) is 11.6 Å². The lowest BCUT2D eigenvalue weighted by Gasteiger charge is -2.15. The Morgan fingerprint density at radius 1 is 1.25 bits per heavy atom. The van der Waals surface area contributed by atoms with Crippen LogP contribution in [0.4, 0.5) is 0 Å². The third-order valence-corrected chi connectivity index (χ3v) is 1.65. The predicted octanol–water partition coefficient (Wildman–Crippen LogP) is 2.54. The summed E-state index contributed by atoms with van der Waals surface area (Å²) in [5.74, 6) is 0.135. The maximum atomic E-state index is 11.1. The van der Waals surface area contributed by atoms with Gasteiger partial charge in [0.2, 0.25) is 0 Å². The second kappa shape index (κ2) is 4.96. The minimum atomic E-state index is -0.240. The smallest absolute Gasteiger partial charge is 0.330 e. The topological polar surface area (TPSA) is 26.3 Å². The largest absolute Gasteiger partial charge is 0.459 e. The zero-order valence-electron chi connectivity index (χ0n) is 8.55. The summed E-state index contributed by atoms with van der Waals surface area (Å²) in [6, 6.07) is 0. The normalized spacial score (nSPS) is 12.5. The highest BCUT2D eigenvalue weighted by Gasteiger charge is 2.10. The molecule has 0 aromatic rings. The third-order valence-electron chi connectivity index (χ3n) is 1.65. The van der Waals surface area contributed by atoms with Crippen LogP contribution in [0.1, 0.15) is 34.6 Å². The average Bonchev–Trinajstić information content (AvgIpc) is 1.84. The van der Waals surface area contributed by atoms with Gasteiger partial charge in [-0.1, -0.05) is 19.4 Å². The molecular formula is C10H18O2. The van der Waals surface area contributed by atoms with E-state index in [9.17, 15) is 4.79 Å². The number of hydrogen-bond acceptors (Lipinski definition) is 2. The highest BCUT2D eigenvalue weighted by atomic mass is 16.5. The molecule has 12 heavy (non-hydrogen) atoms. The highest BCUT2D eigenvalue weighted by molar-refractivity contribution is 5.82. The number of hydrogen-bond donors (Lipinski definition) is 0. The van der Waals surface area contributed by atoms with Gasteiger partial charge in [0.1, 0.15) is 6.10 Å². The van der Waals surface area contributed by atoms with Crippen LogP contribution < -0.4 is 0 Å². The minimum absolute atomic E-state index is 0.00639. The zero-order chi connectivity index (χ0) is 9.72. The molecule has 0 aromatic carbocycles. The van der Waals surface area contributed by atoms with E-state index in [4.69, 9.17) is 4.74 Å². The lowest BCUT2D eigenvalue weighted by Crippen LogP contribution is -2.18. The van der Waals surface area contributed by atoms with Gasteiger partial charge >= 0.3 is 5.97 Å². The first kappa shape index (κ1) is 11.2. The summed E-state index contributed by atoms with van der Waals surface area (Å²) < 4.78 is 5.11. The molecule has 0 heterocycles. The van der Waals surface area contributed by atoms with Gasteiger partial charge in [-0.05, 0) is 26.7 Å². The molecule has 2 heteroatoms. The Kier molecular flexibility index (Phi) is 4.64. The van der Waals surface area contributed by atoms with E-state index in [-0.39, 0.29) is 12.1 Å². The number of carbonyl (C=O) groups is 1. The molecule has 0 aromatic heterocycles. The van der Waals surface area contributed by atoms with E-state index in [0.717, 1.165) is 5.57 Å². The quantitative estimate of drug-likeness (QED) is 0.480. The summed E-state index contributed by atoms with van der Waals surface area (Å²) in [6.07, 6.45) is 1.51. The molecule has 0 aliphatic rings. The Hall–Kier alpha value is -0.790. The molecule has 0 spiro atoms. The Morgan fingerprint density at radius 2 is 1.75 bits per heavy atom. The molecule has 1 atom stereocenters. The molecule has 0 saturated carbocycles. The molecule has 2 nitrogen and oxygen atoms in total. The van der Waals surface area contributed by atoms with E-state index in [0.29, 0.717) is 5.92 Å². The Morgan fingerprint density at radius 3 is 2.08 bits per heavy atom. The van der Waals surface area contributed by atoms with Crippen molar-refractivity contribution in [2.24, 2.45) is 5.92 Å². The molecule has 70 valence electrons. The Bertz CT molecular complexity index is 176. The van der Waals surface area contributed by atoms with Gasteiger partial charge < -0.3 is 4.74 Å². The minimum Gasteiger partial charge on any atom is -0.459 e. The Balaban J connectivity index is 3.94. The van der Waals surface area contributed by atoms with Crippen molar-refractivity contribution >= 4 is 5.97 Å². The molecule has 0 aliphatic heterocycles. The molecule has 0 bridgehead atoms. The summed E-state index contributed by atoms with van der Waals surface area (Å²) in [4.78, 5) is 11.1. The van der Waals surface area contributed by atoms with Gasteiger partial charge in [0.05, 0.1) is 0 Å². The van der Waals surface area contributed by atoms with Crippen molar-refractivity contribution < 1.29 is 9.53 Å². The standard InChI is InChI=1S/C10H18O2/c1-7(2)6-10(11)12-9(5)8(3)4/h6,8-9H,1-5H3. The van der Waals surface area contributed by atoms with E-state index in [1.807, 2.05) is 34.6 Å². The first-order valence-electron chi connectivity index (χ1n) is 4.29. The van der Waals surface area contributed by atoms with E-state index in [1.165, 1.54) is 6.08 Å². The van der Waals surface area contributed by atoms with Crippen molar-refractivity contribution in [1.82, 2.24) is 0 Å². The lowest BCUT2D eigenvalue weighted by atomic mass is 10.1. The first-order chi connectivity index (χ1) is 5.43. The van der Waals surface area contributed by atoms with Gasteiger partial charge in [0, 0.05) is 6.08 Å². The van der Waals surface area contributed by atoms with Gasteiger partial charge in [-0.3, -0.25) is 0 Å². The Labute approximate surface area is 74.6 Å². The van der Waals surface area contributed by atoms with Crippen LogP contribution >= 0.6 is 0 Å². The third kappa shape index (κ3) is 4.94. The molecule has 1 unspecified atom stereocenters. The number of rotatable bonds is 3. The average molecular weight is 170 g/mol. The van der Waals surface area contributed by atoms with Gasteiger partial charge in [-0.15, -0.1) is 0 Å². The van der Waals surface area contributed by atoms with Gasteiger partial charge in [-0.2, -0.15) is 0 Å². The maximum absolute atomic E-state index is 11.1. The fourth-order valence-electron chi connectivity index (χ4n) is 0.589. The zero-order valence-corrected chi connectivity index (χ0v) is 8.55. The van der Waals surface area contributed by atoms with Crippen molar-refractivity contribution in [3.05, 3.63) is 11.6 Å². The fraction of sp³-hybridized carbons (Fsp3) is 0.700. The molecule has 0 fully saturated rings. The van der Waals surface area contributed by atoms with E-state index >= 15 is 0 Å². The van der Waals surface area contributed by atoms with Crippen LogP contribution in [0.5, 0.6) is 0 Å². The molecule has 0 saturated heterocycles. The molecule has 0 aliphatic carbocycles. The monoisotopic (exact) mass is 170 g/mol. The highest BCUT2D eigenvalue weighted by Crippen LogP contribution is 2.06. The molecule has 0 rings (SSSR count). The van der Waals surface area contributed by atoms with Crippen LogP contribution in [-0.4, -0.2) is 12.1 Å². The maximum Gasteiger partial charge on any atom is 0.330 e. The molecule has 0 radical (unpaired) electrons. The van der Waals surface area contributed by atoms with Crippen LogP contribution in [0, 0.1) is 5.92 Å². The van der Waals surface area contributed by atoms with Crippen molar-refractivity contribution in [3.8, 4) is 0 Å². The number of esters is 1. The summed E-state index contributed by atoms with van der Waals surface area (Å²) in [5, 5.41) is 0. The number of carbonyl (C=O) groups excluding carboxylic acids is 1. The summed E-state index contributed by atoms with van der Waals surface area (Å²) in [5.41, 5.74) is 0.968. The number of ether oxygens (including phenoxy) is 1. The first-order valence-corrected chi connectivity index (χ1v) is 4.29. The summed E-state index contributed by atoms with van der Waals surface area (Å²) in [7, 11) is 0. The molecular weight excluding hydrogens is 152 g/mol. The number of allylic oxidation sites excluding steroid dienone is 1. The van der Waals surface area contributed by atoms with E-state index in [2.05, 4.69) is 0 Å². The van der Waals surface area contributed by atoms with Crippen LogP contribution in [0.2, 0.25) is 0 Å².